The van der Waals surface area contributed by atoms with Crippen molar-refractivity contribution >= 4 is 11.6 Å². The van der Waals surface area contributed by atoms with E-state index in [9.17, 15) is 4.79 Å². The second-order valence-electron chi connectivity index (χ2n) is 3.79. The molecule has 1 amide bonds. The monoisotopic (exact) mass is 205 g/mol. The minimum Gasteiger partial charge on any atom is -0.316 e. The lowest BCUT2D eigenvalue weighted by atomic mass is 10.1. The second-order valence-corrected chi connectivity index (χ2v) is 3.79. The molecule has 1 saturated heterocycles. The Kier molecular flexibility index (Phi) is 2.97. The van der Waals surface area contributed by atoms with Crippen LogP contribution in [0.25, 0.3) is 0 Å². The average molecular weight is 205 g/mol. The van der Waals surface area contributed by atoms with Crippen molar-refractivity contribution in [1.82, 2.24) is 10.3 Å². The van der Waals surface area contributed by atoms with Crippen LogP contribution in [-0.4, -0.2) is 31.0 Å². The molecule has 1 aliphatic rings. The zero-order chi connectivity index (χ0) is 10.7. The van der Waals surface area contributed by atoms with E-state index in [-0.39, 0.29) is 11.8 Å². The van der Waals surface area contributed by atoms with Gasteiger partial charge in [-0.05, 0) is 25.1 Å². The predicted octanol–water partition coefficient (Wildman–Crippen LogP) is 0.654. The lowest BCUT2D eigenvalue weighted by molar-refractivity contribution is -0.121. The summed E-state index contributed by atoms with van der Waals surface area (Å²) in [5.41, 5.74) is 0.905. The van der Waals surface area contributed by atoms with Crippen molar-refractivity contribution in [1.29, 1.82) is 0 Å². The molecule has 0 aromatic carbocycles. The maximum Gasteiger partial charge on any atom is 0.231 e. The van der Waals surface area contributed by atoms with Crippen LogP contribution in [0.4, 0.5) is 5.69 Å². The number of amides is 1. The Morgan fingerprint density at radius 2 is 2.27 bits per heavy atom. The predicted molar refractivity (Wildman–Crippen MR) is 58.6 cm³/mol. The Morgan fingerprint density at radius 1 is 1.53 bits per heavy atom. The molecule has 1 aromatic rings. The van der Waals surface area contributed by atoms with E-state index in [1.165, 1.54) is 0 Å². The maximum absolute atomic E-state index is 12.0. The summed E-state index contributed by atoms with van der Waals surface area (Å²) in [5, 5.41) is 3.20. The zero-order valence-corrected chi connectivity index (χ0v) is 8.81. The Hall–Kier alpha value is -1.42. The third kappa shape index (κ3) is 2.15. The quantitative estimate of drug-likeness (QED) is 0.771. The lowest BCUT2D eigenvalue weighted by Crippen LogP contribution is -2.33. The molecule has 1 N–H and O–H groups in total. The van der Waals surface area contributed by atoms with Gasteiger partial charge in [-0.1, -0.05) is 0 Å². The Balaban J connectivity index is 2.07. The van der Waals surface area contributed by atoms with Gasteiger partial charge in [0.1, 0.15) is 0 Å². The molecule has 0 radical (unpaired) electrons. The van der Waals surface area contributed by atoms with Crippen LogP contribution in [0, 0.1) is 5.92 Å². The van der Waals surface area contributed by atoms with Gasteiger partial charge in [-0.15, -0.1) is 0 Å². The van der Waals surface area contributed by atoms with Crippen LogP contribution in [-0.2, 0) is 4.79 Å². The highest BCUT2D eigenvalue weighted by Gasteiger charge is 2.25. The van der Waals surface area contributed by atoms with Gasteiger partial charge in [0.2, 0.25) is 5.91 Å². The largest absolute Gasteiger partial charge is 0.316 e. The molecule has 0 aliphatic carbocycles. The summed E-state index contributed by atoms with van der Waals surface area (Å²) in [6, 6.07) is 3.70. The van der Waals surface area contributed by atoms with E-state index in [2.05, 4.69) is 10.3 Å². The van der Waals surface area contributed by atoms with E-state index in [0.29, 0.717) is 0 Å². The molecule has 0 bridgehead atoms. The van der Waals surface area contributed by atoms with Gasteiger partial charge in [-0.2, -0.15) is 0 Å². The summed E-state index contributed by atoms with van der Waals surface area (Å²) in [5.74, 6) is 0.314. The molecular formula is C11H15N3O. The summed E-state index contributed by atoms with van der Waals surface area (Å²) in [7, 11) is 1.82. The van der Waals surface area contributed by atoms with Crippen LogP contribution < -0.4 is 10.2 Å². The number of hydrogen-bond donors (Lipinski definition) is 1. The van der Waals surface area contributed by atoms with Crippen molar-refractivity contribution < 1.29 is 4.79 Å². The minimum atomic E-state index is 0.128. The first-order valence-electron chi connectivity index (χ1n) is 5.17. The first-order chi connectivity index (χ1) is 7.29. The van der Waals surface area contributed by atoms with E-state index < -0.39 is 0 Å². The Labute approximate surface area is 89.3 Å². The number of nitrogens with one attached hydrogen (secondary N) is 1. The number of nitrogens with zero attached hydrogens (tertiary/aromatic N) is 2. The number of hydrogen-bond acceptors (Lipinski definition) is 3. The van der Waals surface area contributed by atoms with Gasteiger partial charge in [-0.25, -0.2) is 0 Å². The lowest BCUT2D eigenvalue weighted by Gasteiger charge is -2.20. The molecule has 4 heteroatoms. The minimum absolute atomic E-state index is 0.128. The molecule has 2 heterocycles. The molecule has 80 valence electrons. The van der Waals surface area contributed by atoms with Crippen LogP contribution in [0.2, 0.25) is 0 Å². The van der Waals surface area contributed by atoms with Crippen molar-refractivity contribution in [3.63, 3.8) is 0 Å². The molecular weight excluding hydrogens is 190 g/mol. The average Bonchev–Trinajstić information content (AvgIpc) is 2.82. The first kappa shape index (κ1) is 10.1. The molecule has 1 aliphatic heterocycles. The fourth-order valence-corrected chi connectivity index (χ4v) is 1.83. The van der Waals surface area contributed by atoms with Gasteiger partial charge < -0.3 is 10.2 Å². The molecule has 4 nitrogen and oxygen atoms in total. The Morgan fingerprint density at radius 3 is 2.87 bits per heavy atom. The normalized spacial score (nSPS) is 20.2. The second kappa shape index (κ2) is 4.40. The number of anilines is 1. The van der Waals surface area contributed by atoms with Gasteiger partial charge >= 0.3 is 0 Å². The third-order valence-electron chi connectivity index (χ3n) is 2.79. The number of pyridine rings is 1. The number of carbonyl (C=O) groups excluding carboxylic acids is 1. The standard InChI is InChI=1S/C11H15N3O/c1-14(10-3-6-12-7-4-10)11(15)9-2-5-13-8-9/h3-4,6-7,9,13H,2,5,8H2,1H3. The van der Waals surface area contributed by atoms with Gasteiger partial charge in [0, 0.05) is 31.7 Å². The van der Waals surface area contributed by atoms with Crippen LogP contribution >= 0.6 is 0 Å². The molecule has 1 unspecified atom stereocenters. The van der Waals surface area contributed by atoms with E-state index in [4.69, 9.17) is 0 Å². The maximum atomic E-state index is 12.0. The summed E-state index contributed by atoms with van der Waals surface area (Å²) in [4.78, 5) is 17.7. The molecule has 0 saturated carbocycles. The topological polar surface area (TPSA) is 45.2 Å². The highest BCUT2D eigenvalue weighted by Crippen LogP contribution is 2.16. The first-order valence-corrected chi connectivity index (χ1v) is 5.17. The fraction of sp³-hybridized carbons (Fsp3) is 0.455. The highest BCUT2D eigenvalue weighted by molar-refractivity contribution is 5.94. The number of rotatable bonds is 2. The fourth-order valence-electron chi connectivity index (χ4n) is 1.83. The van der Waals surface area contributed by atoms with E-state index in [0.717, 1.165) is 25.2 Å². The molecule has 0 spiro atoms. The molecule has 15 heavy (non-hydrogen) atoms. The Bertz CT molecular complexity index is 333. The molecule has 1 atom stereocenters. The highest BCUT2D eigenvalue weighted by atomic mass is 16.2. The van der Waals surface area contributed by atoms with Crippen molar-refractivity contribution in [3.05, 3.63) is 24.5 Å². The van der Waals surface area contributed by atoms with Gasteiger partial charge in [-0.3, -0.25) is 9.78 Å². The summed E-state index contributed by atoms with van der Waals surface area (Å²) >= 11 is 0. The third-order valence-corrected chi connectivity index (χ3v) is 2.79. The molecule has 1 fully saturated rings. The van der Waals surface area contributed by atoms with Crippen LogP contribution in [0.3, 0.4) is 0 Å². The van der Waals surface area contributed by atoms with Gasteiger partial charge in [0.25, 0.3) is 0 Å². The van der Waals surface area contributed by atoms with Crippen LogP contribution in [0.15, 0.2) is 24.5 Å². The van der Waals surface area contributed by atoms with Crippen LogP contribution in [0.1, 0.15) is 6.42 Å². The summed E-state index contributed by atoms with van der Waals surface area (Å²) < 4.78 is 0. The number of aromatic nitrogens is 1. The molecule has 2 rings (SSSR count). The van der Waals surface area contributed by atoms with Gasteiger partial charge in [0.15, 0.2) is 0 Å². The smallest absolute Gasteiger partial charge is 0.231 e. The van der Waals surface area contributed by atoms with Crippen molar-refractivity contribution in [2.75, 3.05) is 25.0 Å². The summed E-state index contributed by atoms with van der Waals surface area (Å²) in [6.07, 6.45) is 4.34. The van der Waals surface area contributed by atoms with Gasteiger partial charge in [0.05, 0.1) is 5.92 Å². The summed E-state index contributed by atoms with van der Waals surface area (Å²) in [6.45, 7) is 1.74. The van der Waals surface area contributed by atoms with E-state index in [1.807, 2.05) is 19.2 Å². The van der Waals surface area contributed by atoms with E-state index in [1.54, 1.807) is 17.3 Å². The SMILES string of the molecule is CN(C(=O)C1CCNC1)c1ccncc1. The van der Waals surface area contributed by atoms with Crippen molar-refractivity contribution in [2.45, 2.75) is 6.42 Å². The van der Waals surface area contributed by atoms with Crippen molar-refractivity contribution in [3.8, 4) is 0 Å². The van der Waals surface area contributed by atoms with Crippen LogP contribution in [0.5, 0.6) is 0 Å². The van der Waals surface area contributed by atoms with Crippen molar-refractivity contribution in [2.24, 2.45) is 5.92 Å². The van der Waals surface area contributed by atoms with E-state index >= 15 is 0 Å². The number of carbonyl (C=O) groups is 1. The molecule has 1 aromatic heterocycles. The zero-order valence-electron chi connectivity index (χ0n) is 8.81.